The molecule has 1 fully saturated rings. The lowest BCUT2D eigenvalue weighted by Crippen LogP contribution is -2.36. The van der Waals surface area contributed by atoms with E-state index in [1.54, 1.807) is 11.3 Å². The van der Waals surface area contributed by atoms with Gasteiger partial charge in [0.15, 0.2) is 0 Å². The number of nitrogens with zero attached hydrogens (tertiary/aromatic N) is 3. The second-order valence-electron chi connectivity index (χ2n) is 7.79. The molecule has 160 valence electrons. The van der Waals surface area contributed by atoms with Crippen LogP contribution in [0.15, 0.2) is 24.3 Å². The molecule has 3 aromatic rings. The molecule has 1 aliphatic rings. The summed E-state index contributed by atoms with van der Waals surface area (Å²) >= 11 is 1.75. The maximum absolute atomic E-state index is 5.88. The van der Waals surface area contributed by atoms with Gasteiger partial charge in [-0.3, -0.25) is 4.90 Å². The monoisotopic (exact) mass is 426 g/mol. The SMILES string of the molecule is Cc1cccc(OCCCNc2nc(CN3CCOCC3)nc3sc(C)c(C)c23)c1. The number of benzene rings is 1. The Labute approximate surface area is 182 Å². The van der Waals surface area contributed by atoms with Crippen LogP contribution in [-0.2, 0) is 11.3 Å². The molecule has 0 radical (unpaired) electrons. The summed E-state index contributed by atoms with van der Waals surface area (Å²) in [5.41, 5.74) is 2.48. The molecule has 2 aromatic heterocycles. The quantitative estimate of drug-likeness (QED) is 0.541. The number of morpholine rings is 1. The van der Waals surface area contributed by atoms with Crippen molar-refractivity contribution in [2.24, 2.45) is 0 Å². The number of hydrogen-bond donors (Lipinski definition) is 1. The molecule has 7 heteroatoms. The van der Waals surface area contributed by atoms with E-state index in [0.29, 0.717) is 6.61 Å². The van der Waals surface area contributed by atoms with Crippen LogP contribution in [0.2, 0.25) is 0 Å². The van der Waals surface area contributed by atoms with Gasteiger partial charge in [0.05, 0.1) is 31.8 Å². The van der Waals surface area contributed by atoms with E-state index in [-0.39, 0.29) is 0 Å². The first kappa shape index (κ1) is 21.0. The van der Waals surface area contributed by atoms with Crippen molar-refractivity contribution < 1.29 is 9.47 Å². The van der Waals surface area contributed by atoms with E-state index in [0.717, 1.165) is 73.4 Å². The summed E-state index contributed by atoms with van der Waals surface area (Å²) in [5.74, 6) is 2.75. The Hall–Kier alpha value is -2.22. The number of hydrogen-bond acceptors (Lipinski definition) is 7. The van der Waals surface area contributed by atoms with Crippen LogP contribution in [0.3, 0.4) is 0 Å². The third-order valence-corrected chi connectivity index (χ3v) is 6.52. The van der Waals surface area contributed by atoms with E-state index in [1.807, 2.05) is 12.1 Å². The molecular formula is C23H30N4O2S. The maximum Gasteiger partial charge on any atom is 0.146 e. The van der Waals surface area contributed by atoms with Crippen LogP contribution in [0.25, 0.3) is 10.2 Å². The highest BCUT2D eigenvalue weighted by atomic mass is 32.1. The lowest BCUT2D eigenvalue weighted by atomic mass is 10.2. The van der Waals surface area contributed by atoms with Gasteiger partial charge in [0.1, 0.15) is 22.2 Å². The predicted molar refractivity (Wildman–Crippen MR) is 123 cm³/mol. The molecule has 0 unspecified atom stereocenters. The molecule has 6 nitrogen and oxygen atoms in total. The third-order valence-electron chi connectivity index (χ3n) is 5.42. The number of anilines is 1. The molecule has 0 bridgehead atoms. The van der Waals surface area contributed by atoms with Gasteiger partial charge in [-0.05, 0) is 50.5 Å². The lowest BCUT2D eigenvalue weighted by Gasteiger charge is -2.25. The van der Waals surface area contributed by atoms with E-state index in [2.05, 4.69) is 43.1 Å². The number of ether oxygens (including phenoxy) is 2. The highest BCUT2D eigenvalue weighted by molar-refractivity contribution is 7.18. The molecule has 0 aliphatic carbocycles. The van der Waals surface area contributed by atoms with Crippen LogP contribution >= 0.6 is 11.3 Å². The molecule has 1 aliphatic heterocycles. The molecule has 1 saturated heterocycles. The van der Waals surface area contributed by atoms with E-state index in [1.165, 1.54) is 16.0 Å². The number of aryl methyl sites for hydroxylation is 3. The van der Waals surface area contributed by atoms with Crippen molar-refractivity contribution in [3.63, 3.8) is 0 Å². The van der Waals surface area contributed by atoms with Crippen molar-refractivity contribution in [3.8, 4) is 5.75 Å². The highest BCUT2D eigenvalue weighted by Crippen LogP contribution is 2.33. The van der Waals surface area contributed by atoms with E-state index >= 15 is 0 Å². The molecule has 1 aromatic carbocycles. The van der Waals surface area contributed by atoms with Gasteiger partial charge < -0.3 is 14.8 Å². The first-order valence-electron chi connectivity index (χ1n) is 10.6. The fraction of sp³-hybridized carbons (Fsp3) is 0.478. The van der Waals surface area contributed by atoms with Crippen LogP contribution in [0, 0.1) is 20.8 Å². The molecular weight excluding hydrogens is 396 g/mol. The fourth-order valence-electron chi connectivity index (χ4n) is 3.63. The van der Waals surface area contributed by atoms with Crippen molar-refractivity contribution in [1.82, 2.24) is 14.9 Å². The normalized spacial score (nSPS) is 14.9. The molecule has 0 amide bonds. The van der Waals surface area contributed by atoms with E-state index in [4.69, 9.17) is 19.4 Å². The predicted octanol–water partition coefficient (Wildman–Crippen LogP) is 4.33. The van der Waals surface area contributed by atoms with Crippen molar-refractivity contribution in [2.75, 3.05) is 44.8 Å². The number of thiophene rings is 1. The van der Waals surface area contributed by atoms with Gasteiger partial charge >= 0.3 is 0 Å². The van der Waals surface area contributed by atoms with Crippen LogP contribution in [0.5, 0.6) is 5.75 Å². The summed E-state index contributed by atoms with van der Waals surface area (Å²) < 4.78 is 11.3. The van der Waals surface area contributed by atoms with Crippen molar-refractivity contribution >= 4 is 27.4 Å². The summed E-state index contributed by atoms with van der Waals surface area (Å²) in [6.45, 7) is 12.1. The van der Waals surface area contributed by atoms with Crippen molar-refractivity contribution in [2.45, 2.75) is 33.7 Å². The Balaban J connectivity index is 1.41. The van der Waals surface area contributed by atoms with Crippen LogP contribution in [0.1, 0.15) is 28.2 Å². The Bertz CT molecular complexity index is 998. The summed E-state index contributed by atoms with van der Waals surface area (Å²) in [7, 11) is 0. The van der Waals surface area contributed by atoms with Gasteiger partial charge in [-0.2, -0.15) is 0 Å². The molecule has 4 rings (SSSR count). The first-order valence-corrected chi connectivity index (χ1v) is 11.4. The summed E-state index contributed by atoms with van der Waals surface area (Å²) in [6, 6.07) is 8.17. The second-order valence-corrected chi connectivity index (χ2v) is 8.99. The lowest BCUT2D eigenvalue weighted by molar-refractivity contribution is 0.0331. The Morgan fingerprint density at radius 3 is 2.80 bits per heavy atom. The zero-order valence-corrected chi connectivity index (χ0v) is 18.8. The van der Waals surface area contributed by atoms with Crippen LogP contribution in [0.4, 0.5) is 5.82 Å². The molecule has 0 saturated carbocycles. The largest absolute Gasteiger partial charge is 0.494 e. The van der Waals surface area contributed by atoms with Crippen LogP contribution in [-0.4, -0.2) is 54.3 Å². The van der Waals surface area contributed by atoms with E-state index in [9.17, 15) is 0 Å². The zero-order valence-electron chi connectivity index (χ0n) is 18.0. The van der Waals surface area contributed by atoms with E-state index < -0.39 is 0 Å². The number of nitrogens with one attached hydrogen (secondary N) is 1. The molecule has 3 heterocycles. The molecule has 0 atom stereocenters. The van der Waals surface area contributed by atoms with Gasteiger partial charge in [-0.1, -0.05) is 12.1 Å². The summed E-state index contributed by atoms with van der Waals surface area (Å²) in [4.78, 5) is 14.5. The highest BCUT2D eigenvalue weighted by Gasteiger charge is 2.17. The topological polar surface area (TPSA) is 59.5 Å². The Morgan fingerprint density at radius 1 is 1.17 bits per heavy atom. The second kappa shape index (κ2) is 9.73. The Kier molecular flexibility index (Phi) is 6.82. The average molecular weight is 427 g/mol. The number of fused-ring (bicyclic) bond motifs is 1. The summed E-state index contributed by atoms with van der Waals surface area (Å²) in [5, 5.41) is 4.70. The smallest absolute Gasteiger partial charge is 0.146 e. The van der Waals surface area contributed by atoms with Gasteiger partial charge in [-0.25, -0.2) is 9.97 Å². The third kappa shape index (κ3) is 5.09. The first-order chi connectivity index (χ1) is 14.6. The zero-order chi connectivity index (χ0) is 20.9. The molecule has 1 N–H and O–H groups in total. The average Bonchev–Trinajstić information content (AvgIpc) is 3.02. The standard InChI is InChI=1S/C23H30N4O2S/c1-16-6-4-7-19(14-16)29-11-5-8-24-22-21-17(2)18(3)30-23(21)26-20(25-22)15-27-9-12-28-13-10-27/h4,6-7,14H,5,8-13,15H2,1-3H3,(H,24,25,26). The Morgan fingerprint density at radius 2 is 2.00 bits per heavy atom. The number of aromatic nitrogens is 2. The molecule has 0 spiro atoms. The molecule has 30 heavy (non-hydrogen) atoms. The maximum atomic E-state index is 5.88. The minimum atomic E-state index is 0.674. The van der Waals surface area contributed by atoms with Gasteiger partial charge in [0.2, 0.25) is 0 Å². The van der Waals surface area contributed by atoms with Crippen LogP contribution < -0.4 is 10.1 Å². The number of rotatable bonds is 8. The van der Waals surface area contributed by atoms with Gasteiger partial charge in [-0.15, -0.1) is 11.3 Å². The van der Waals surface area contributed by atoms with Crippen molar-refractivity contribution in [1.29, 1.82) is 0 Å². The minimum absolute atomic E-state index is 0.674. The minimum Gasteiger partial charge on any atom is -0.494 e. The van der Waals surface area contributed by atoms with Gasteiger partial charge in [0.25, 0.3) is 0 Å². The van der Waals surface area contributed by atoms with Crippen molar-refractivity contribution in [3.05, 3.63) is 46.1 Å². The summed E-state index contributed by atoms with van der Waals surface area (Å²) in [6.07, 6.45) is 0.903. The fourth-order valence-corrected chi connectivity index (χ4v) is 4.67. The van der Waals surface area contributed by atoms with Gasteiger partial charge in [0, 0.05) is 24.5 Å².